The summed E-state index contributed by atoms with van der Waals surface area (Å²) < 4.78 is 10.1. The van der Waals surface area contributed by atoms with E-state index in [1.54, 1.807) is 0 Å². The molecular formula is C11H19N2O6P. The number of hydrogen-bond donors (Lipinski definition) is 5. The molecule has 0 aliphatic heterocycles. The highest BCUT2D eigenvalue weighted by atomic mass is 31.2. The molecule has 114 valence electrons. The van der Waals surface area contributed by atoms with Gasteiger partial charge in [0.25, 0.3) is 0 Å². The largest absolute Gasteiger partial charge is 0.480 e. The van der Waals surface area contributed by atoms with Crippen LogP contribution in [0.15, 0.2) is 30.3 Å². The van der Waals surface area contributed by atoms with Crippen LogP contribution in [-0.4, -0.2) is 40.2 Å². The van der Waals surface area contributed by atoms with Crippen molar-refractivity contribution in [3.05, 3.63) is 30.3 Å². The molecule has 0 atom stereocenters. The highest BCUT2D eigenvalue weighted by molar-refractivity contribution is 7.51. The van der Waals surface area contributed by atoms with Gasteiger partial charge in [-0.05, 0) is 19.1 Å². The van der Waals surface area contributed by atoms with Crippen molar-refractivity contribution in [3.8, 4) is 5.75 Å². The van der Waals surface area contributed by atoms with Crippen LogP contribution in [0, 0.1) is 0 Å². The zero-order valence-electron chi connectivity index (χ0n) is 11.0. The lowest BCUT2D eigenvalue weighted by molar-refractivity contribution is -0.135. The molecule has 20 heavy (non-hydrogen) atoms. The van der Waals surface area contributed by atoms with Gasteiger partial charge in [0.2, 0.25) is 0 Å². The number of nitrogens with one attached hydrogen (secondary N) is 2. The third kappa shape index (κ3) is 13.0. The molecule has 0 saturated carbocycles. The number of benzene rings is 1. The first-order valence-electron chi connectivity index (χ1n) is 5.77. The summed E-state index contributed by atoms with van der Waals surface area (Å²) >= 11 is 0. The number of rotatable bonds is 7. The third-order valence-corrected chi connectivity index (χ3v) is 2.31. The highest BCUT2D eigenvalue weighted by Gasteiger charge is 2.11. The van der Waals surface area contributed by atoms with Crippen LogP contribution >= 0.6 is 7.60 Å². The maximum Gasteiger partial charge on any atom is 0.339 e. The Morgan fingerprint density at radius 1 is 1.30 bits per heavy atom. The molecule has 0 spiro atoms. The van der Waals surface area contributed by atoms with Crippen molar-refractivity contribution >= 4 is 13.6 Å². The van der Waals surface area contributed by atoms with E-state index in [0.29, 0.717) is 0 Å². The fourth-order valence-corrected chi connectivity index (χ4v) is 1.36. The van der Waals surface area contributed by atoms with Gasteiger partial charge in [-0.15, -0.1) is 0 Å². The molecule has 8 nitrogen and oxygen atoms in total. The smallest absolute Gasteiger partial charge is 0.339 e. The second kappa shape index (κ2) is 10.4. The van der Waals surface area contributed by atoms with Gasteiger partial charge >= 0.3 is 13.6 Å². The average molecular weight is 306 g/mol. The minimum Gasteiger partial charge on any atom is -0.480 e. The number of hydroxylamine groups is 1. The standard InChI is InChI=1S/C8H11NO.C3H8NO5P/c1-2-9-10-8-6-4-3-5-7-8;5-3(6)1-4-2-10(7,8)9/h3-7,9H,2H2,1H3;4H,1-2H2,(H,5,6)(H2,7,8,9). The van der Waals surface area contributed by atoms with Gasteiger partial charge in [0.15, 0.2) is 0 Å². The quantitative estimate of drug-likeness (QED) is 0.361. The Hall–Kier alpha value is -1.44. The summed E-state index contributed by atoms with van der Waals surface area (Å²) in [6.45, 7) is 2.36. The number of aliphatic carboxylic acids is 1. The van der Waals surface area contributed by atoms with E-state index in [1.807, 2.05) is 37.3 Å². The number of carbonyl (C=O) groups is 1. The predicted octanol–water partition coefficient (Wildman–Crippen LogP) is 0.386. The Balaban J connectivity index is 0.000000361. The molecule has 0 radical (unpaired) electrons. The van der Waals surface area contributed by atoms with Crippen molar-refractivity contribution in [2.24, 2.45) is 0 Å². The maximum absolute atomic E-state index is 10.1. The normalized spacial score (nSPS) is 10.3. The summed E-state index contributed by atoms with van der Waals surface area (Å²) in [6.07, 6.45) is -0.598. The first-order chi connectivity index (χ1) is 9.35. The van der Waals surface area contributed by atoms with E-state index in [1.165, 1.54) is 0 Å². The van der Waals surface area contributed by atoms with Crippen molar-refractivity contribution in [1.29, 1.82) is 0 Å². The zero-order chi connectivity index (χ0) is 15.4. The summed E-state index contributed by atoms with van der Waals surface area (Å²) in [7, 11) is -4.10. The summed E-state index contributed by atoms with van der Waals surface area (Å²) in [4.78, 5) is 31.2. The molecule has 0 saturated heterocycles. The molecule has 0 heterocycles. The van der Waals surface area contributed by atoms with Crippen LogP contribution in [0.5, 0.6) is 5.75 Å². The molecule has 0 bridgehead atoms. The fourth-order valence-electron chi connectivity index (χ4n) is 0.953. The SMILES string of the molecule is CCNOc1ccccc1.O=C(O)CNCP(=O)(O)O. The van der Waals surface area contributed by atoms with Crippen molar-refractivity contribution in [3.63, 3.8) is 0 Å². The molecule has 9 heteroatoms. The van der Waals surface area contributed by atoms with Gasteiger partial charge in [-0.1, -0.05) is 18.2 Å². The molecule has 0 unspecified atom stereocenters. The average Bonchev–Trinajstić information content (AvgIpc) is 2.36. The van der Waals surface area contributed by atoms with Crippen LogP contribution in [0.3, 0.4) is 0 Å². The van der Waals surface area contributed by atoms with Crippen LogP contribution in [0.4, 0.5) is 0 Å². The summed E-state index contributed by atoms with van der Waals surface area (Å²) in [5, 5.41) is 10.1. The van der Waals surface area contributed by atoms with E-state index in [2.05, 4.69) is 10.8 Å². The van der Waals surface area contributed by atoms with Crippen LogP contribution in [0.1, 0.15) is 6.92 Å². The number of carboxylic acids is 1. The van der Waals surface area contributed by atoms with Crippen molar-refractivity contribution in [1.82, 2.24) is 10.8 Å². The summed E-state index contributed by atoms with van der Waals surface area (Å²) in [5.74, 6) is -0.294. The second-order valence-electron chi connectivity index (χ2n) is 3.56. The van der Waals surface area contributed by atoms with Gasteiger partial charge < -0.3 is 19.7 Å². The van der Waals surface area contributed by atoms with Gasteiger partial charge in [-0.2, -0.15) is 5.48 Å². The fraction of sp³-hybridized carbons (Fsp3) is 0.364. The maximum atomic E-state index is 10.1. The van der Waals surface area contributed by atoms with Crippen molar-refractivity contribution in [2.75, 3.05) is 19.4 Å². The molecule has 5 N–H and O–H groups in total. The Morgan fingerprint density at radius 3 is 2.35 bits per heavy atom. The topological polar surface area (TPSA) is 128 Å². The van der Waals surface area contributed by atoms with E-state index in [4.69, 9.17) is 19.7 Å². The van der Waals surface area contributed by atoms with E-state index in [9.17, 15) is 9.36 Å². The minimum absolute atomic E-state index is 0.439. The van der Waals surface area contributed by atoms with Gasteiger partial charge in [0.1, 0.15) is 5.75 Å². The zero-order valence-corrected chi connectivity index (χ0v) is 11.9. The van der Waals surface area contributed by atoms with Crippen LogP contribution in [0.2, 0.25) is 0 Å². The lowest BCUT2D eigenvalue weighted by atomic mass is 10.3. The van der Waals surface area contributed by atoms with Gasteiger partial charge in [-0.25, -0.2) is 0 Å². The number of carboxylic acid groups (broad SMARTS) is 1. The van der Waals surface area contributed by atoms with Gasteiger partial charge in [0, 0.05) is 6.54 Å². The highest BCUT2D eigenvalue weighted by Crippen LogP contribution is 2.31. The van der Waals surface area contributed by atoms with E-state index < -0.39 is 26.4 Å². The van der Waals surface area contributed by atoms with E-state index in [-0.39, 0.29) is 0 Å². The number of para-hydroxylation sites is 1. The summed E-state index contributed by atoms with van der Waals surface area (Å²) in [5.41, 5.74) is 2.76. The lowest BCUT2D eigenvalue weighted by Crippen LogP contribution is -2.23. The molecule has 1 rings (SSSR count). The molecule has 0 aliphatic carbocycles. The Labute approximate surface area is 116 Å². The molecule has 0 aromatic heterocycles. The molecule has 0 aliphatic rings. The Morgan fingerprint density at radius 2 is 1.90 bits per heavy atom. The Kier molecular flexibility index (Phi) is 9.61. The molecule has 0 fully saturated rings. The first-order valence-corrected chi connectivity index (χ1v) is 7.56. The molecular weight excluding hydrogens is 287 g/mol. The predicted molar refractivity (Wildman–Crippen MR) is 73.3 cm³/mol. The second-order valence-corrected chi connectivity index (χ2v) is 5.20. The Bertz CT molecular complexity index is 422. The van der Waals surface area contributed by atoms with Crippen LogP contribution in [0.25, 0.3) is 0 Å². The molecule has 1 aromatic rings. The molecule has 0 amide bonds. The van der Waals surface area contributed by atoms with Crippen LogP contribution in [-0.2, 0) is 9.36 Å². The summed E-state index contributed by atoms with van der Waals surface area (Å²) in [6, 6.07) is 9.64. The lowest BCUT2D eigenvalue weighted by Gasteiger charge is -2.02. The van der Waals surface area contributed by atoms with E-state index in [0.717, 1.165) is 12.3 Å². The van der Waals surface area contributed by atoms with E-state index >= 15 is 0 Å². The monoisotopic (exact) mass is 306 g/mol. The number of hydrogen-bond acceptors (Lipinski definition) is 5. The van der Waals surface area contributed by atoms with Gasteiger partial charge in [0.05, 0.1) is 12.8 Å². The van der Waals surface area contributed by atoms with Crippen molar-refractivity contribution < 1.29 is 29.1 Å². The van der Waals surface area contributed by atoms with Crippen molar-refractivity contribution in [2.45, 2.75) is 6.92 Å². The third-order valence-electron chi connectivity index (χ3n) is 1.67. The van der Waals surface area contributed by atoms with Crippen LogP contribution < -0.4 is 15.6 Å². The minimum atomic E-state index is -4.10. The first kappa shape index (κ1) is 18.6. The van der Waals surface area contributed by atoms with Gasteiger partial charge in [-0.3, -0.25) is 14.7 Å². The molecule has 1 aromatic carbocycles.